The van der Waals surface area contributed by atoms with Crippen LogP contribution in [0.4, 0.5) is 23.2 Å². The van der Waals surface area contributed by atoms with Crippen molar-refractivity contribution in [2.75, 3.05) is 4.90 Å². The number of carbonyl (C=O) groups excluding carboxylic acids is 2. The van der Waals surface area contributed by atoms with Crippen LogP contribution in [0.15, 0.2) is 18.2 Å². The lowest BCUT2D eigenvalue weighted by Gasteiger charge is -2.40. The van der Waals surface area contributed by atoms with Crippen LogP contribution >= 0.6 is 11.6 Å². The van der Waals surface area contributed by atoms with Crippen molar-refractivity contribution in [3.8, 4) is 0 Å². The molecule has 0 aromatic heterocycles. The predicted molar refractivity (Wildman–Crippen MR) is 78.4 cm³/mol. The molecule has 1 heterocycles. The van der Waals surface area contributed by atoms with Crippen molar-refractivity contribution in [3.05, 3.63) is 29.3 Å². The molecule has 0 saturated carbocycles. The Morgan fingerprint density at radius 2 is 2.04 bits per heavy atom. The van der Waals surface area contributed by atoms with E-state index in [1.807, 2.05) is 0 Å². The van der Waals surface area contributed by atoms with Crippen molar-refractivity contribution in [2.24, 2.45) is 0 Å². The Kier molecular flexibility index (Phi) is 4.92. The molecule has 24 heavy (non-hydrogen) atoms. The summed E-state index contributed by atoms with van der Waals surface area (Å²) in [4.78, 5) is 23.7. The van der Waals surface area contributed by atoms with E-state index < -0.39 is 48.5 Å². The highest BCUT2D eigenvalue weighted by molar-refractivity contribution is 6.24. The highest BCUT2D eigenvalue weighted by atomic mass is 35.5. The summed E-state index contributed by atoms with van der Waals surface area (Å²) in [5.41, 5.74) is -3.12. The fourth-order valence-corrected chi connectivity index (χ4v) is 3.09. The van der Waals surface area contributed by atoms with Gasteiger partial charge in [0.25, 0.3) is 6.43 Å². The van der Waals surface area contributed by atoms with E-state index in [-0.39, 0.29) is 16.2 Å². The molecule has 1 aliphatic heterocycles. The van der Waals surface area contributed by atoms with Crippen LogP contribution in [0.5, 0.6) is 0 Å². The van der Waals surface area contributed by atoms with Gasteiger partial charge in [0.05, 0.1) is 13.0 Å². The molecule has 132 valence electrons. The number of carbonyl (C=O) groups is 2. The summed E-state index contributed by atoms with van der Waals surface area (Å²) >= 11 is 4.99. The fourth-order valence-electron chi connectivity index (χ4n) is 2.86. The minimum atomic E-state index is -4.44. The minimum Gasteiger partial charge on any atom is -0.392 e. The van der Waals surface area contributed by atoms with Crippen LogP contribution in [0, 0.1) is 0 Å². The largest absolute Gasteiger partial charge is 0.392 e. The van der Waals surface area contributed by atoms with E-state index in [0.29, 0.717) is 5.56 Å². The van der Waals surface area contributed by atoms with E-state index in [2.05, 4.69) is 0 Å². The maximum absolute atomic E-state index is 14.0. The summed E-state index contributed by atoms with van der Waals surface area (Å²) in [7, 11) is 0. The van der Waals surface area contributed by atoms with Gasteiger partial charge in [0.15, 0.2) is 5.54 Å². The van der Waals surface area contributed by atoms with E-state index in [1.165, 1.54) is 18.2 Å². The lowest BCUT2D eigenvalue weighted by Crippen LogP contribution is -2.64. The number of hydrogen-bond donors (Lipinski definition) is 1. The number of rotatable bonds is 5. The van der Waals surface area contributed by atoms with E-state index >= 15 is 0 Å². The van der Waals surface area contributed by atoms with Crippen molar-refractivity contribution in [1.82, 2.24) is 0 Å². The molecule has 9 heteroatoms. The normalized spacial score (nSPS) is 20.4. The molecule has 0 radical (unpaired) electrons. The first-order chi connectivity index (χ1) is 11.0. The molecular weight excluding hydrogens is 354 g/mol. The Hall–Kier alpha value is -1.67. The Morgan fingerprint density at radius 3 is 2.50 bits per heavy atom. The molecule has 2 rings (SSSR count). The van der Waals surface area contributed by atoms with E-state index in [4.69, 9.17) is 16.7 Å². The summed E-state index contributed by atoms with van der Waals surface area (Å²) in [6, 6.07) is 3.77. The maximum atomic E-state index is 14.0. The van der Waals surface area contributed by atoms with Crippen LogP contribution in [0.25, 0.3) is 0 Å². The Balaban J connectivity index is 2.66. The second-order valence-electron chi connectivity index (χ2n) is 5.63. The second kappa shape index (κ2) is 6.33. The fraction of sp³-hybridized carbons (Fsp3) is 0.467. The smallest absolute Gasteiger partial charge is 0.350 e. The highest BCUT2D eigenvalue weighted by Crippen LogP contribution is 2.52. The zero-order valence-electron chi connectivity index (χ0n) is 12.5. The second-order valence-corrected chi connectivity index (χ2v) is 6.10. The standard InChI is InChI=1S/C15H14ClF4NO3/c1-8(23)4-12(24)21-11-3-2-9(7-22)5-10(11)6-14(21,13(17)18)15(16,19)20/h2-3,5,13,22H,4,6-7H2,1H3. The monoisotopic (exact) mass is 367 g/mol. The van der Waals surface area contributed by atoms with Crippen molar-refractivity contribution >= 4 is 29.0 Å². The van der Waals surface area contributed by atoms with Gasteiger partial charge >= 0.3 is 5.38 Å². The summed E-state index contributed by atoms with van der Waals surface area (Å²) in [5, 5.41) is 4.68. The Bertz CT molecular complexity index is 677. The summed E-state index contributed by atoms with van der Waals surface area (Å²) in [6.07, 6.45) is -5.36. The molecule has 1 unspecified atom stereocenters. The number of aliphatic hydroxyl groups excluding tert-OH is 1. The average molecular weight is 368 g/mol. The van der Waals surface area contributed by atoms with Crippen molar-refractivity contribution in [1.29, 1.82) is 0 Å². The summed E-state index contributed by atoms with van der Waals surface area (Å²) in [5.74, 6) is -1.83. The average Bonchev–Trinajstić information content (AvgIpc) is 2.81. The number of benzene rings is 1. The molecule has 1 aromatic rings. The molecule has 0 spiro atoms. The third-order valence-electron chi connectivity index (χ3n) is 3.93. The molecule has 1 amide bonds. The van der Waals surface area contributed by atoms with Gasteiger partial charge in [0.1, 0.15) is 5.78 Å². The Labute approximate surface area is 140 Å². The molecule has 1 N–H and O–H groups in total. The molecule has 0 saturated heterocycles. The third-order valence-corrected chi connectivity index (χ3v) is 4.26. The summed E-state index contributed by atoms with van der Waals surface area (Å²) in [6.45, 7) is 0.625. The van der Waals surface area contributed by atoms with Gasteiger partial charge in [-0.25, -0.2) is 8.78 Å². The molecule has 1 aromatic carbocycles. The first kappa shape index (κ1) is 18.7. The van der Waals surface area contributed by atoms with Crippen molar-refractivity contribution in [3.63, 3.8) is 0 Å². The van der Waals surface area contributed by atoms with Crippen LogP contribution in [-0.2, 0) is 22.6 Å². The lowest BCUT2D eigenvalue weighted by molar-refractivity contribution is -0.132. The van der Waals surface area contributed by atoms with Crippen LogP contribution in [0.2, 0.25) is 0 Å². The molecule has 1 atom stereocenters. The van der Waals surface area contributed by atoms with Gasteiger partial charge in [0, 0.05) is 12.1 Å². The Morgan fingerprint density at radius 1 is 1.42 bits per heavy atom. The quantitative estimate of drug-likeness (QED) is 0.494. The number of hydrogen-bond acceptors (Lipinski definition) is 3. The number of alkyl halides is 5. The highest BCUT2D eigenvalue weighted by Gasteiger charge is 2.67. The number of Topliss-reactive ketones (excluding diaryl/α,β-unsaturated/α-hetero) is 1. The number of amides is 1. The molecular formula is C15H14ClF4NO3. The summed E-state index contributed by atoms with van der Waals surface area (Å²) < 4.78 is 55.4. The minimum absolute atomic E-state index is 0.0269. The number of halogens is 5. The number of aliphatic hydroxyl groups is 1. The van der Waals surface area contributed by atoms with Crippen LogP contribution in [0.3, 0.4) is 0 Å². The topological polar surface area (TPSA) is 57.6 Å². The number of fused-ring (bicyclic) bond motifs is 1. The molecule has 0 bridgehead atoms. The number of nitrogens with zero attached hydrogens (tertiary/aromatic N) is 1. The first-order valence-corrected chi connectivity index (χ1v) is 7.32. The molecule has 0 fully saturated rings. The lowest BCUT2D eigenvalue weighted by atomic mass is 9.93. The van der Waals surface area contributed by atoms with E-state index in [0.717, 1.165) is 6.92 Å². The van der Waals surface area contributed by atoms with Crippen LogP contribution in [-0.4, -0.2) is 34.1 Å². The SMILES string of the molecule is CC(=O)CC(=O)N1c2ccc(CO)cc2CC1(C(F)F)C(F)(F)Cl. The van der Waals surface area contributed by atoms with Gasteiger partial charge in [-0.3, -0.25) is 14.5 Å². The van der Waals surface area contributed by atoms with Crippen LogP contribution < -0.4 is 4.90 Å². The third kappa shape index (κ3) is 2.88. The van der Waals surface area contributed by atoms with Gasteiger partial charge in [-0.1, -0.05) is 12.1 Å². The van der Waals surface area contributed by atoms with Gasteiger partial charge in [-0.15, -0.1) is 0 Å². The number of anilines is 1. The molecule has 1 aliphatic rings. The van der Waals surface area contributed by atoms with Crippen molar-refractivity contribution < 1.29 is 32.3 Å². The number of ketones is 1. The van der Waals surface area contributed by atoms with Crippen LogP contribution in [0.1, 0.15) is 24.5 Å². The first-order valence-electron chi connectivity index (χ1n) is 6.94. The zero-order valence-corrected chi connectivity index (χ0v) is 13.3. The van der Waals surface area contributed by atoms with E-state index in [9.17, 15) is 27.2 Å². The van der Waals surface area contributed by atoms with Gasteiger partial charge < -0.3 is 5.11 Å². The van der Waals surface area contributed by atoms with Gasteiger partial charge in [0.2, 0.25) is 5.91 Å². The van der Waals surface area contributed by atoms with Gasteiger partial charge in [-0.05, 0) is 35.7 Å². The van der Waals surface area contributed by atoms with Gasteiger partial charge in [-0.2, -0.15) is 8.78 Å². The van der Waals surface area contributed by atoms with Crippen molar-refractivity contribution in [2.45, 2.75) is 43.7 Å². The molecule has 4 nitrogen and oxygen atoms in total. The molecule has 0 aliphatic carbocycles. The predicted octanol–water partition coefficient (Wildman–Crippen LogP) is 2.88. The zero-order chi connectivity index (χ0) is 18.3. The maximum Gasteiger partial charge on any atom is 0.350 e. The van der Waals surface area contributed by atoms with E-state index in [1.54, 1.807) is 0 Å².